The van der Waals surface area contributed by atoms with Gasteiger partial charge in [-0.2, -0.15) is 59.7 Å². The van der Waals surface area contributed by atoms with Crippen LogP contribution in [-0.4, -0.2) is 10.4 Å². The molecule has 3 aromatic carbocycles. The minimum Gasteiger partial charge on any atom is -1.00 e. The predicted molar refractivity (Wildman–Crippen MR) is 142 cm³/mol. The fourth-order valence-corrected chi connectivity index (χ4v) is 5.46. The molecule has 2 aliphatic carbocycles. The number of aryl methyl sites for hydroxylation is 5. The maximum Gasteiger partial charge on any atom is -1.00 e. The van der Waals surface area contributed by atoms with Crippen molar-refractivity contribution in [1.29, 1.82) is 0 Å². The van der Waals surface area contributed by atoms with Crippen LogP contribution in [0.25, 0.3) is 11.1 Å². The summed E-state index contributed by atoms with van der Waals surface area (Å²) >= 11 is 1.30. The Hall–Kier alpha value is -1.09. The van der Waals surface area contributed by atoms with Crippen molar-refractivity contribution in [3.05, 3.63) is 87.0 Å². The summed E-state index contributed by atoms with van der Waals surface area (Å²) in [5.41, 5.74) is 13.4. The van der Waals surface area contributed by atoms with Gasteiger partial charge < -0.3 is 24.8 Å². The Bertz CT molecular complexity index is 1160. The SMILES string of the molecule is Cc1[c-]c2c(cc1C)-c1cc(C)c(C)cc1C2.Cc1cc(C2(C)CCC(C(F)(F)F)CC2)c[cH-]1.[CH2]=[Zr+2].[Cl-].[Cl-]. The average molecular weight is 641 g/mol. The zero-order chi connectivity index (χ0) is 26.8. The molecule has 0 heterocycles. The van der Waals surface area contributed by atoms with E-state index in [1.54, 1.807) is 0 Å². The maximum absolute atomic E-state index is 12.6. The molecule has 0 radical (unpaired) electrons. The summed E-state index contributed by atoms with van der Waals surface area (Å²) in [5, 5.41) is 0. The summed E-state index contributed by atoms with van der Waals surface area (Å²) in [6, 6.07) is 16.7. The normalized spacial score (nSPS) is 19.4. The van der Waals surface area contributed by atoms with Gasteiger partial charge in [0.2, 0.25) is 0 Å². The van der Waals surface area contributed by atoms with E-state index >= 15 is 0 Å². The molecule has 0 amide bonds. The largest absolute Gasteiger partial charge is 1.00 e. The molecule has 0 N–H and O–H groups in total. The summed E-state index contributed by atoms with van der Waals surface area (Å²) < 4.78 is 41.1. The van der Waals surface area contributed by atoms with Gasteiger partial charge >= 0.3 is 34.6 Å². The van der Waals surface area contributed by atoms with Gasteiger partial charge in [-0.3, -0.25) is 0 Å². The summed E-state index contributed by atoms with van der Waals surface area (Å²) in [6.07, 6.45) is -1.15. The van der Waals surface area contributed by atoms with Gasteiger partial charge in [0.25, 0.3) is 0 Å². The molecule has 0 nitrogen and oxygen atoms in total. The second-order valence-electron chi connectivity index (χ2n) is 10.8. The summed E-state index contributed by atoms with van der Waals surface area (Å²) in [4.78, 5) is 0. The number of hydrogen-bond acceptors (Lipinski definition) is 0. The number of alkyl halides is 3. The zero-order valence-corrected chi connectivity index (χ0v) is 27.1. The third-order valence-corrected chi connectivity index (χ3v) is 8.15. The first-order valence-electron chi connectivity index (χ1n) is 12.7. The monoisotopic (exact) mass is 638 g/mol. The minimum atomic E-state index is -4.01. The molecule has 2 aliphatic rings. The van der Waals surface area contributed by atoms with E-state index in [9.17, 15) is 13.2 Å². The first-order chi connectivity index (χ1) is 16.9. The predicted octanol–water partition coefficient (Wildman–Crippen LogP) is 2.99. The van der Waals surface area contributed by atoms with Gasteiger partial charge in [-0.05, 0) is 49.8 Å². The molecular formula is C32H37Cl2F3Zr-2. The maximum atomic E-state index is 12.6. The molecule has 206 valence electrons. The van der Waals surface area contributed by atoms with Gasteiger partial charge in [-0.1, -0.05) is 63.6 Å². The number of halogens is 5. The second kappa shape index (κ2) is 14.0. The summed E-state index contributed by atoms with van der Waals surface area (Å²) in [6.45, 7) is 12.8. The fraction of sp³-hybridized carbons (Fsp3) is 0.438. The third-order valence-electron chi connectivity index (χ3n) is 8.15. The molecule has 3 aromatic rings. The molecule has 1 saturated carbocycles. The second-order valence-corrected chi connectivity index (χ2v) is 10.8. The molecule has 0 bridgehead atoms. The Balaban J connectivity index is 0.000000340. The molecule has 0 aromatic heterocycles. The number of hydrogen-bond donors (Lipinski definition) is 0. The van der Waals surface area contributed by atoms with Crippen LogP contribution < -0.4 is 24.8 Å². The Morgan fingerprint density at radius 2 is 1.45 bits per heavy atom. The van der Waals surface area contributed by atoms with Crippen molar-refractivity contribution in [3.8, 4) is 11.1 Å². The average Bonchev–Trinajstić information content (AvgIpc) is 3.40. The quantitative estimate of drug-likeness (QED) is 0.281. The van der Waals surface area contributed by atoms with Gasteiger partial charge in [-0.15, -0.1) is 11.1 Å². The standard InChI is InChI=1S/C17H17.C14H18F3.CH2.2ClH.Zr/c1-10-5-14-9-15-6-11(2)13(4)8-17(15)16(14)7-12(10)3;1-10-3-4-12(9-10)13(2)7-5-11(6-8-13)14(15,16)17;;;;/h5,7-8H,9H2,1-4H3;3-4,9,11H,5-8H2,1-2H3;1H2;2*1H;/q2*-1;;;;+2/p-2. The molecule has 38 heavy (non-hydrogen) atoms. The molecule has 0 saturated heterocycles. The molecule has 0 unspecified atom stereocenters. The van der Waals surface area contributed by atoms with E-state index in [-0.39, 0.29) is 43.1 Å². The molecule has 0 aliphatic heterocycles. The van der Waals surface area contributed by atoms with Gasteiger partial charge in [0.15, 0.2) is 0 Å². The Labute approximate surface area is 254 Å². The smallest absolute Gasteiger partial charge is 1.00 e. The Morgan fingerprint density at radius 1 is 0.895 bits per heavy atom. The first-order valence-corrected chi connectivity index (χ1v) is 14.4. The van der Waals surface area contributed by atoms with E-state index < -0.39 is 12.1 Å². The minimum absolute atomic E-state index is 0. The van der Waals surface area contributed by atoms with Gasteiger partial charge in [0, 0.05) is 0 Å². The van der Waals surface area contributed by atoms with Crippen LogP contribution in [0.15, 0.2) is 36.4 Å². The number of rotatable bonds is 1. The molecule has 1 fully saturated rings. The van der Waals surface area contributed by atoms with Crippen molar-refractivity contribution in [2.45, 2.75) is 85.2 Å². The third kappa shape index (κ3) is 7.76. The Morgan fingerprint density at radius 3 is 1.97 bits per heavy atom. The van der Waals surface area contributed by atoms with Crippen molar-refractivity contribution < 1.29 is 62.2 Å². The number of fused-ring (bicyclic) bond motifs is 3. The van der Waals surface area contributed by atoms with Crippen molar-refractivity contribution in [3.63, 3.8) is 0 Å². The molecule has 6 heteroatoms. The molecule has 0 spiro atoms. The van der Waals surface area contributed by atoms with Crippen LogP contribution in [0, 0.1) is 46.6 Å². The van der Waals surface area contributed by atoms with Crippen molar-refractivity contribution in [1.82, 2.24) is 0 Å². The number of benzene rings is 2. The van der Waals surface area contributed by atoms with Crippen LogP contribution in [0.3, 0.4) is 0 Å². The van der Waals surface area contributed by atoms with E-state index in [1.807, 2.05) is 13.0 Å². The first kappa shape index (κ1) is 34.9. The zero-order valence-electron chi connectivity index (χ0n) is 23.2. The molecular weight excluding hydrogens is 603 g/mol. The van der Waals surface area contributed by atoms with E-state index in [1.165, 1.54) is 79.9 Å². The van der Waals surface area contributed by atoms with Crippen LogP contribution in [0.1, 0.15) is 77.1 Å². The van der Waals surface area contributed by atoms with E-state index in [4.69, 9.17) is 0 Å². The van der Waals surface area contributed by atoms with Crippen molar-refractivity contribution in [2.75, 3.05) is 0 Å². The molecule has 0 atom stereocenters. The van der Waals surface area contributed by atoms with Crippen molar-refractivity contribution >= 4 is 4.21 Å². The fourth-order valence-electron chi connectivity index (χ4n) is 5.46. The van der Waals surface area contributed by atoms with Gasteiger partial charge in [0.05, 0.1) is 5.92 Å². The molecule has 5 rings (SSSR count). The van der Waals surface area contributed by atoms with Crippen LogP contribution in [-0.2, 0) is 36.1 Å². The van der Waals surface area contributed by atoms with E-state index in [0.29, 0.717) is 12.8 Å². The Kier molecular flexibility index (Phi) is 12.9. The van der Waals surface area contributed by atoms with Crippen LogP contribution in [0.5, 0.6) is 0 Å². The van der Waals surface area contributed by atoms with E-state index in [0.717, 1.165) is 6.42 Å². The van der Waals surface area contributed by atoms with E-state index in [2.05, 4.69) is 75.2 Å². The van der Waals surface area contributed by atoms with Gasteiger partial charge in [-0.25, -0.2) is 6.07 Å². The van der Waals surface area contributed by atoms with Gasteiger partial charge in [0.1, 0.15) is 0 Å². The summed E-state index contributed by atoms with van der Waals surface area (Å²) in [5.74, 6) is -1.09. The topological polar surface area (TPSA) is 0 Å². The van der Waals surface area contributed by atoms with Crippen molar-refractivity contribution in [2.24, 2.45) is 5.92 Å². The summed E-state index contributed by atoms with van der Waals surface area (Å²) in [7, 11) is 0. The van der Waals surface area contributed by atoms with Crippen LogP contribution >= 0.6 is 0 Å². The van der Waals surface area contributed by atoms with Crippen LogP contribution in [0.2, 0.25) is 0 Å². The van der Waals surface area contributed by atoms with Crippen LogP contribution in [0.4, 0.5) is 13.2 Å².